The maximum atomic E-state index is 3.82. The predicted octanol–water partition coefficient (Wildman–Crippen LogP) is 12.2. The highest BCUT2D eigenvalue weighted by molar-refractivity contribution is 9.10. The molecule has 0 bridgehead atoms. The molecular formula is C45H28BrN. The lowest BCUT2D eigenvalue weighted by molar-refractivity contribution is 0.768. The minimum Gasteiger partial charge on any atom is -0.309 e. The van der Waals surface area contributed by atoms with Gasteiger partial charge in [0, 0.05) is 26.3 Å². The molecule has 1 nitrogen and oxygen atoms in total. The Kier molecular flexibility index (Phi) is 5.71. The molecular weight excluding hydrogens is 634 g/mol. The highest BCUT2D eigenvalue weighted by Gasteiger charge is 2.46. The fourth-order valence-electron chi connectivity index (χ4n) is 8.49. The number of rotatable bonds is 3. The van der Waals surface area contributed by atoms with Gasteiger partial charge in [0.25, 0.3) is 0 Å². The van der Waals surface area contributed by atoms with Gasteiger partial charge in [-0.05, 0) is 73.8 Å². The van der Waals surface area contributed by atoms with Gasteiger partial charge in [-0.2, -0.15) is 0 Å². The largest absolute Gasteiger partial charge is 0.309 e. The molecule has 8 aromatic carbocycles. The normalized spacial score (nSPS) is 13.4. The average Bonchev–Trinajstić information content (AvgIpc) is 3.63. The van der Waals surface area contributed by atoms with Crippen molar-refractivity contribution in [3.05, 3.63) is 197 Å². The van der Waals surface area contributed by atoms with Gasteiger partial charge in [-0.15, -0.1) is 0 Å². The second kappa shape index (κ2) is 10.0. The molecule has 10 rings (SSSR count). The van der Waals surface area contributed by atoms with Crippen LogP contribution >= 0.6 is 15.9 Å². The first kappa shape index (κ1) is 26.7. The van der Waals surface area contributed by atoms with Crippen molar-refractivity contribution in [1.29, 1.82) is 0 Å². The SMILES string of the molecule is Brc1ccc2c3c4ccccc4c4ccccc4c3n(-c3ccc4c(c3)-c3ccccc3C4(c3ccccc3)c3ccccc3)c2c1. The molecule has 0 N–H and O–H groups in total. The Balaban J connectivity index is 1.36. The first-order valence-corrected chi connectivity index (χ1v) is 16.9. The summed E-state index contributed by atoms with van der Waals surface area (Å²) in [4.78, 5) is 0. The third-order valence-electron chi connectivity index (χ3n) is 10.3. The quantitative estimate of drug-likeness (QED) is 0.166. The van der Waals surface area contributed by atoms with E-state index < -0.39 is 5.41 Å². The summed E-state index contributed by atoms with van der Waals surface area (Å²) < 4.78 is 3.57. The molecule has 2 heteroatoms. The highest BCUT2D eigenvalue weighted by atomic mass is 79.9. The van der Waals surface area contributed by atoms with Crippen molar-refractivity contribution >= 4 is 59.3 Å². The lowest BCUT2D eigenvalue weighted by Gasteiger charge is -2.33. The molecule has 0 saturated carbocycles. The Labute approximate surface area is 281 Å². The fourth-order valence-corrected chi connectivity index (χ4v) is 8.84. The standard InChI is InChI=1S/C45H28BrN/c46-31-23-25-38-42(27-31)47(44-37-21-10-8-18-34(37)33-17-7-9-20-36(33)43(38)44)32-24-26-41-39(28-32)35-19-11-12-22-40(35)45(41,29-13-3-1-4-14-29)30-15-5-2-6-16-30/h1-28H. The van der Waals surface area contributed by atoms with E-state index >= 15 is 0 Å². The zero-order chi connectivity index (χ0) is 31.1. The molecule has 0 spiro atoms. The van der Waals surface area contributed by atoms with Gasteiger partial charge in [0.05, 0.1) is 16.4 Å². The second-order valence-electron chi connectivity index (χ2n) is 12.6. The van der Waals surface area contributed by atoms with E-state index in [0.717, 1.165) is 10.2 Å². The number of hydrogen-bond acceptors (Lipinski definition) is 0. The van der Waals surface area contributed by atoms with Crippen LogP contribution in [-0.4, -0.2) is 4.57 Å². The number of fused-ring (bicyclic) bond motifs is 11. The van der Waals surface area contributed by atoms with Gasteiger partial charge in [-0.1, -0.05) is 162 Å². The van der Waals surface area contributed by atoms with E-state index in [1.165, 1.54) is 76.7 Å². The maximum Gasteiger partial charge on any atom is 0.0713 e. The summed E-state index contributed by atoms with van der Waals surface area (Å²) in [6, 6.07) is 62.7. The number of halogens is 1. The number of hydrogen-bond donors (Lipinski definition) is 0. The average molecular weight is 663 g/mol. The van der Waals surface area contributed by atoms with Gasteiger partial charge in [0.2, 0.25) is 0 Å². The van der Waals surface area contributed by atoms with Crippen LogP contribution in [0.2, 0.25) is 0 Å². The lowest BCUT2D eigenvalue weighted by Crippen LogP contribution is -2.28. The summed E-state index contributed by atoms with van der Waals surface area (Å²) in [5, 5.41) is 7.66. The van der Waals surface area contributed by atoms with Gasteiger partial charge < -0.3 is 4.57 Å². The molecule has 47 heavy (non-hydrogen) atoms. The zero-order valence-corrected chi connectivity index (χ0v) is 27.1. The molecule has 0 amide bonds. The van der Waals surface area contributed by atoms with E-state index in [1.54, 1.807) is 0 Å². The van der Waals surface area contributed by atoms with Crippen molar-refractivity contribution in [3.63, 3.8) is 0 Å². The van der Waals surface area contributed by atoms with Crippen LogP contribution in [0.4, 0.5) is 0 Å². The number of aromatic nitrogens is 1. The van der Waals surface area contributed by atoms with Crippen LogP contribution < -0.4 is 0 Å². The van der Waals surface area contributed by atoms with E-state index in [2.05, 4.69) is 190 Å². The van der Waals surface area contributed by atoms with Crippen LogP contribution in [-0.2, 0) is 5.41 Å². The van der Waals surface area contributed by atoms with Crippen LogP contribution in [0.3, 0.4) is 0 Å². The zero-order valence-electron chi connectivity index (χ0n) is 25.5. The Morgan fingerprint density at radius 3 is 1.72 bits per heavy atom. The summed E-state index contributed by atoms with van der Waals surface area (Å²) in [6.45, 7) is 0. The van der Waals surface area contributed by atoms with Crippen molar-refractivity contribution in [2.75, 3.05) is 0 Å². The van der Waals surface area contributed by atoms with Crippen LogP contribution in [0.25, 0.3) is 60.2 Å². The first-order valence-electron chi connectivity index (χ1n) is 16.1. The summed E-state index contributed by atoms with van der Waals surface area (Å²) in [7, 11) is 0. The molecule has 9 aromatic rings. The van der Waals surface area contributed by atoms with Crippen molar-refractivity contribution in [2.24, 2.45) is 0 Å². The van der Waals surface area contributed by atoms with E-state index in [1.807, 2.05) is 0 Å². The predicted molar refractivity (Wildman–Crippen MR) is 201 cm³/mol. The summed E-state index contributed by atoms with van der Waals surface area (Å²) in [6.07, 6.45) is 0. The van der Waals surface area contributed by atoms with E-state index in [0.29, 0.717) is 0 Å². The molecule has 0 unspecified atom stereocenters. The molecule has 1 aliphatic rings. The minimum atomic E-state index is -0.417. The highest BCUT2D eigenvalue weighted by Crippen LogP contribution is 2.56. The Hall–Kier alpha value is -5.44. The van der Waals surface area contributed by atoms with Gasteiger partial charge in [0.15, 0.2) is 0 Å². The summed E-state index contributed by atoms with van der Waals surface area (Å²) in [5.41, 5.74) is 11.0. The van der Waals surface area contributed by atoms with Crippen LogP contribution in [0, 0.1) is 0 Å². The molecule has 0 fully saturated rings. The maximum absolute atomic E-state index is 3.82. The van der Waals surface area contributed by atoms with Crippen LogP contribution in [0.1, 0.15) is 22.3 Å². The van der Waals surface area contributed by atoms with Crippen molar-refractivity contribution in [3.8, 4) is 16.8 Å². The molecule has 220 valence electrons. The molecule has 0 atom stereocenters. The van der Waals surface area contributed by atoms with Crippen LogP contribution in [0.5, 0.6) is 0 Å². The Bertz CT molecular complexity index is 2650. The molecule has 1 heterocycles. The number of nitrogens with zero attached hydrogens (tertiary/aromatic N) is 1. The number of benzene rings is 8. The Morgan fingerprint density at radius 2 is 1.00 bits per heavy atom. The second-order valence-corrected chi connectivity index (χ2v) is 13.5. The van der Waals surface area contributed by atoms with Gasteiger partial charge in [0.1, 0.15) is 0 Å². The monoisotopic (exact) mass is 661 g/mol. The third-order valence-corrected chi connectivity index (χ3v) is 10.8. The smallest absolute Gasteiger partial charge is 0.0713 e. The molecule has 1 aliphatic carbocycles. The first-order chi connectivity index (χ1) is 23.2. The topological polar surface area (TPSA) is 4.93 Å². The van der Waals surface area contributed by atoms with E-state index in [-0.39, 0.29) is 0 Å². The summed E-state index contributed by atoms with van der Waals surface area (Å²) >= 11 is 3.82. The lowest BCUT2D eigenvalue weighted by atomic mass is 9.68. The minimum absolute atomic E-state index is 0.417. The van der Waals surface area contributed by atoms with Crippen LogP contribution in [0.15, 0.2) is 174 Å². The van der Waals surface area contributed by atoms with Crippen molar-refractivity contribution in [1.82, 2.24) is 4.57 Å². The van der Waals surface area contributed by atoms with E-state index in [4.69, 9.17) is 0 Å². The van der Waals surface area contributed by atoms with Gasteiger partial charge in [-0.25, -0.2) is 0 Å². The Morgan fingerprint density at radius 1 is 0.426 bits per heavy atom. The molecule has 0 radical (unpaired) electrons. The summed E-state index contributed by atoms with van der Waals surface area (Å²) in [5.74, 6) is 0. The molecule has 0 aliphatic heterocycles. The molecule has 0 saturated heterocycles. The molecule has 1 aromatic heterocycles. The van der Waals surface area contributed by atoms with Gasteiger partial charge in [-0.3, -0.25) is 0 Å². The third kappa shape index (κ3) is 3.59. The van der Waals surface area contributed by atoms with Crippen molar-refractivity contribution in [2.45, 2.75) is 5.41 Å². The van der Waals surface area contributed by atoms with E-state index in [9.17, 15) is 0 Å². The van der Waals surface area contributed by atoms with Gasteiger partial charge >= 0.3 is 0 Å². The fraction of sp³-hybridized carbons (Fsp3) is 0.0222. The van der Waals surface area contributed by atoms with Crippen molar-refractivity contribution < 1.29 is 0 Å².